The number of benzene rings is 2. The van der Waals surface area contributed by atoms with Crippen LogP contribution in [0, 0.1) is 0 Å². The Bertz CT molecular complexity index is 900. The maximum atomic E-state index is 12.9. The molecule has 0 aromatic heterocycles. The fourth-order valence-corrected chi connectivity index (χ4v) is 4.17. The first kappa shape index (κ1) is 21.2. The van der Waals surface area contributed by atoms with Gasteiger partial charge in [-0.15, -0.1) is 0 Å². The van der Waals surface area contributed by atoms with E-state index in [4.69, 9.17) is 16.3 Å². The molecule has 1 aliphatic rings. The lowest BCUT2D eigenvalue weighted by Crippen LogP contribution is -2.35. The SMILES string of the molecule is CNC(=O)C[C@@H]1SC(=Nc2ccc(OC)cc2)N(CCc2ccc(Cl)cc2)C1=O. The van der Waals surface area contributed by atoms with Gasteiger partial charge in [-0.05, 0) is 48.4 Å². The average Bonchev–Trinajstić information content (AvgIpc) is 3.02. The zero-order valence-corrected chi connectivity index (χ0v) is 17.8. The Morgan fingerprint density at radius 2 is 1.90 bits per heavy atom. The molecule has 2 amide bonds. The Hall–Kier alpha value is -2.51. The summed E-state index contributed by atoms with van der Waals surface area (Å²) in [7, 11) is 3.17. The van der Waals surface area contributed by atoms with Crippen LogP contribution in [0.25, 0.3) is 0 Å². The molecular formula is C21H22ClN3O3S. The number of amidine groups is 1. The largest absolute Gasteiger partial charge is 0.497 e. The van der Waals surface area contributed by atoms with E-state index >= 15 is 0 Å². The van der Waals surface area contributed by atoms with Crippen LogP contribution >= 0.6 is 23.4 Å². The minimum Gasteiger partial charge on any atom is -0.497 e. The average molecular weight is 432 g/mol. The second-order valence-corrected chi connectivity index (χ2v) is 8.05. The predicted octanol–water partition coefficient (Wildman–Crippen LogP) is 3.66. The standard InChI is InChI=1S/C21H22ClN3O3S/c1-23-19(26)13-18-20(27)25(12-11-14-3-5-15(22)6-4-14)21(29-18)24-16-7-9-17(28-2)10-8-16/h3-10,18H,11-13H2,1-2H3,(H,23,26)/t18-/m0/s1. The van der Waals surface area contributed by atoms with E-state index in [0.717, 1.165) is 17.0 Å². The van der Waals surface area contributed by atoms with Crippen LogP contribution in [0.1, 0.15) is 12.0 Å². The van der Waals surface area contributed by atoms with Crippen LogP contribution in [-0.2, 0) is 16.0 Å². The summed E-state index contributed by atoms with van der Waals surface area (Å²) in [5.41, 5.74) is 1.80. The third kappa shape index (κ3) is 5.52. The minimum atomic E-state index is -0.475. The summed E-state index contributed by atoms with van der Waals surface area (Å²) < 4.78 is 5.17. The zero-order valence-electron chi connectivity index (χ0n) is 16.2. The van der Waals surface area contributed by atoms with Gasteiger partial charge in [0.2, 0.25) is 11.8 Å². The van der Waals surface area contributed by atoms with Gasteiger partial charge >= 0.3 is 0 Å². The van der Waals surface area contributed by atoms with Crippen molar-refractivity contribution in [3.05, 3.63) is 59.1 Å². The lowest BCUT2D eigenvalue weighted by Gasteiger charge is -2.16. The number of thioether (sulfide) groups is 1. The van der Waals surface area contributed by atoms with Gasteiger partial charge in [-0.1, -0.05) is 35.5 Å². The van der Waals surface area contributed by atoms with Gasteiger partial charge in [0, 0.05) is 25.0 Å². The van der Waals surface area contributed by atoms with Gasteiger partial charge < -0.3 is 10.1 Å². The van der Waals surface area contributed by atoms with Gasteiger partial charge in [-0.25, -0.2) is 4.99 Å². The van der Waals surface area contributed by atoms with E-state index in [1.165, 1.54) is 11.8 Å². The Morgan fingerprint density at radius 1 is 1.21 bits per heavy atom. The fraction of sp³-hybridized carbons (Fsp3) is 0.286. The number of hydrogen-bond acceptors (Lipinski definition) is 5. The second kappa shape index (κ2) is 9.80. The van der Waals surface area contributed by atoms with E-state index in [1.54, 1.807) is 19.1 Å². The number of carbonyl (C=O) groups is 2. The Kier molecular flexibility index (Phi) is 7.17. The molecule has 1 N–H and O–H groups in total. The number of carbonyl (C=O) groups excluding carboxylic acids is 2. The summed E-state index contributed by atoms with van der Waals surface area (Å²) in [5, 5.41) is 3.38. The molecule has 2 aromatic rings. The molecule has 0 unspecified atom stereocenters. The maximum Gasteiger partial charge on any atom is 0.242 e. The molecule has 0 radical (unpaired) electrons. The molecule has 29 heavy (non-hydrogen) atoms. The molecule has 0 aliphatic carbocycles. The molecule has 2 aromatic carbocycles. The van der Waals surface area contributed by atoms with Crippen molar-refractivity contribution in [3.63, 3.8) is 0 Å². The molecule has 1 atom stereocenters. The summed E-state index contributed by atoms with van der Waals surface area (Å²) in [5.74, 6) is 0.472. The van der Waals surface area contributed by atoms with Crippen LogP contribution in [0.5, 0.6) is 5.75 Å². The van der Waals surface area contributed by atoms with Crippen LogP contribution < -0.4 is 10.1 Å². The zero-order chi connectivity index (χ0) is 20.8. The maximum absolute atomic E-state index is 12.9. The van der Waals surface area contributed by atoms with Gasteiger partial charge in [0.1, 0.15) is 11.0 Å². The number of rotatable bonds is 7. The number of halogens is 1. The second-order valence-electron chi connectivity index (χ2n) is 6.44. The Morgan fingerprint density at radius 3 is 2.52 bits per heavy atom. The number of ether oxygens (including phenoxy) is 1. The van der Waals surface area contributed by atoms with E-state index in [1.807, 2.05) is 48.5 Å². The first-order chi connectivity index (χ1) is 14.0. The quantitative estimate of drug-likeness (QED) is 0.726. The predicted molar refractivity (Wildman–Crippen MR) is 117 cm³/mol. The fourth-order valence-electron chi connectivity index (χ4n) is 2.86. The molecule has 1 fully saturated rings. The van der Waals surface area contributed by atoms with Crippen LogP contribution in [0.15, 0.2) is 53.5 Å². The van der Waals surface area contributed by atoms with Gasteiger partial charge in [-0.3, -0.25) is 14.5 Å². The van der Waals surface area contributed by atoms with Crippen LogP contribution in [0.3, 0.4) is 0 Å². The highest BCUT2D eigenvalue weighted by Crippen LogP contribution is 2.32. The summed E-state index contributed by atoms with van der Waals surface area (Å²) in [6.07, 6.45) is 0.789. The first-order valence-corrected chi connectivity index (χ1v) is 10.4. The molecule has 6 nitrogen and oxygen atoms in total. The van der Waals surface area contributed by atoms with Gasteiger partial charge in [-0.2, -0.15) is 0 Å². The van der Waals surface area contributed by atoms with Crippen molar-refractivity contribution in [1.29, 1.82) is 0 Å². The topological polar surface area (TPSA) is 71.0 Å². The van der Waals surface area contributed by atoms with Crippen molar-refractivity contribution in [3.8, 4) is 5.75 Å². The molecule has 0 saturated carbocycles. The van der Waals surface area contributed by atoms with E-state index in [-0.39, 0.29) is 18.2 Å². The molecule has 8 heteroatoms. The van der Waals surface area contributed by atoms with Gasteiger partial charge in [0.25, 0.3) is 0 Å². The third-order valence-electron chi connectivity index (χ3n) is 4.50. The number of amides is 2. The Balaban J connectivity index is 1.80. The van der Waals surface area contributed by atoms with Crippen molar-refractivity contribution in [2.75, 3.05) is 20.7 Å². The molecule has 0 bridgehead atoms. The van der Waals surface area contributed by atoms with Crippen molar-refractivity contribution in [2.45, 2.75) is 18.1 Å². The highest BCUT2D eigenvalue weighted by molar-refractivity contribution is 8.15. The van der Waals surface area contributed by atoms with Crippen molar-refractivity contribution >= 4 is 46.0 Å². The number of aliphatic imine (C=N–C) groups is 1. The highest BCUT2D eigenvalue weighted by Gasteiger charge is 2.38. The number of nitrogens with one attached hydrogen (secondary N) is 1. The molecule has 0 spiro atoms. The summed E-state index contributed by atoms with van der Waals surface area (Å²) in [6.45, 7) is 0.479. The highest BCUT2D eigenvalue weighted by atomic mass is 35.5. The van der Waals surface area contributed by atoms with E-state index in [2.05, 4.69) is 10.3 Å². The van der Waals surface area contributed by atoms with Crippen LogP contribution in [0.4, 0.5) is 5.69 Å². The molecule has 1 saturated heterocycles. The van der Waals surface area contributed by atoms with Crippen molar-refractivity contribution < 1.29 is 14.3 Å². The van der Waals surface area contributed by atoms with E-state index in [9.17, 15) is 9.59 Å². The first-order valence-electron chi connectivity index (χ1n) is 9.16. The number of methoxy groups -OCH3 is 1. The normalized spacial score (nSPS) is 17.6. The van der Waals surface area contributed by atoms with Crippen LogP contribution in [0.2, 0.25) is 5.02 Å². The smallest absolute Gasteiger partial charge is 0.242 e. The van der Waals surface area contributed by atoms with Crippen molar-refractivity contribution in [2.24, 2.45) is 4.99 Å². The number of hydrogen-bond donors (Lipinski definition) is 1. The molecule has 152 valence electrons. The summed E-state index contributed by atoms with van der Waals surface area (Å²) >= 11 is 7.27. The lowest BCUT2D eigenvalue weighted by atomic mass is 10.1. The van der Waals surface area contributed by atoms with Crippen LogP contribution in [-0.4, -0.2) is 47.8 Å². The molecule has 3 rings (SSSR count). The summed E-state index contributed by atoms with van der Waals surface area (Å²) in [6, 6.07) is 14.9. The Labute approximate surface area is 179 Å². The molecule has 1 aliphatic heterocycles. The molecular weight excluding hydrogens is 410 g/mol. The van der Waals surface area contributed by atoms with E-state index < -0.39 is 5.25 Å². The molecule has 1 heterocycles. The van der Waals surface area contributed by atoms with Gasteiger partial charge in [0.15, 0.2) is 5.17 Å². The van der Waals surface area contributed by atoms with Gasteiger partial charge in [0.05, 0.1) is 12.8 Å². The van der Waals surface area contributed by atoms with E-state index in [0.29, 0.717) is 23.2 Å². The van der Waals surface area contributed by atoms with Crippen molar-refractivity contribution in [1.82, 2.24) is 10.2 Å². The third-order valence-corrected chi connectivity index (χ3v) is 5.93. The summed E-state index contributed by atoms with van der Waals surface area (Å²) in [4.78, 5) is 31.1. The monoisotopic (exact) mass is 431 g/mol. The minimum absolute atomic E-state index is 0.0974. The lowest BCUT2D eigenvalue weighted by molar-refractivity contribution is -0.129. The number of nitrogens with zero attached hydrogens (tertiary/aromatic N) is 2.